The molecule has 1 heterocycles. The topological polar surface area (TPSA) is 47.3 Å². The second kappa shape index (κ2) is 6.17. The van der Waals surface area contributed by atoms with Crippen LogP contribution in [-0.2, 0) is 4.74 Å². The van der Waals surface area contributed by atoms with Crippen molar-refractivity contribution in [2.75, 3.05) is 19.7 Å². The highest BCUT2D eigenvalue weighted by Crippen LogP contribution is 2.25. The Hall–Kier alpha value is -0.120. The van der Waals surface area contributed by atoms with Crippen LogP contribution in [0.3, 0.4) is 0 Å². The van der Waals surface area contributed by atoms with Gasteiger partial charge in [0.25, 0.3) is 0 Å². The summed E-state index contributed by atoms with van der Waals surface area (Å²) in [5.41, 5.74) is 5.99. The van der Waals surface area contributed by atoms with Crippen molar-refractivity contribution in [3.8, 4) is 0 Å². The average molecular weight is 242 g/mol. The fourth-order valence-corrected chi connectivity index (χ4v) is 2.25. The third-order valence-corrected chi connectivity index (χ3v) is 3.91. The van der Waals surface area contributed by atoms with Crippen molar-refractivity contribution in [1.82, 2.24) is 5.32 Å². The Bertz CT molecular complexity index is 224. The normalized spacial score (nSPS) is 28.6. The largest absolute Gasteiger partial charge is 0.374 e. The first kappa shape index (κ1) is 14.9. The van der Waals surface area contributed by atoms with Gasteiger partial charge in [-0.25, -0.2) is 0 Å². The molecule has 1 fully saturated rings. The van der Waals surface area contributed by atoms with Gasteiger partial charge >= 0.3 is 0 Å². The van der Waals surface area contributed by atoms with Gasteiger partial charge < -0.3 is 15.8 Å². The summed E-state index contributed by atoms with van der Waals surface area (Å²) < 4.78 is 5.80. The van der Waals surface area contributed by atoms with Crippen molar-refractivity contribution in [3.05, 3.63) is 0 Å². The van der Waals surface area contributed by atoms with Crippen LogP contribution in [0, 0.1) is 5.92 Å². The monoisotopic (exact) mass is 242 g/mol. The number of hydrogen-bond acceptors (Lipinski definition) is 3. The van der Waals surface area contributed by atoms with Crippen LogP contribution in [0.2, 0.25) is 0 Å². The van der Waals surface area contributed by atoms with Crippen molar-refractivity contribution in [2.24, 2.45) is 11.7 Å². The molecule has 1 rings (SSSR count). The van der Waals surface area contributed by atoms with Gasteiger partial charge in [0, 0.05) is 25.2 Å². The van der Waals surface area contributed by atoms with Gasteiger partial charge in [-0.3, -0.25) is 0 Å². The minimum atomic E-state index is 0.0221. The lowest BCUT2D eigenvalue weighted by molar-refractivity contribution is 0.0145. The van der Waals surface area contributed by atoms with E-state index in [2.05, 4.69) is 33.0 Å². The molecule has 17 heavy (non-hydrogen) atoms. The summed E-state index contributed by atoms with van der Waals surface area (Å²) in [4.78, 5) is 0. The van der Waals surface area contributed by atoms with E-state index in [1.54, 1.807) is 0 Å². The van der Waals surface area contributed by atoms with E-state index in [0.29, 0.717) is 6.54 Å². The lowest BCUT2D eigenvalue weighted by Crippen LogP contribution is -2.53. The molecule has 0 aromatic rings. The molecule has 0 aromatic heterocycles. The highest BCUT2D eigenvalue weighted by molar-refractivity contribution is 4.90. The van der Waals surface area contributed by atoms with Gasteiger partial charge in [-0.1, -0.05) is 13.8 Å². The van der Waals surface area contributed by atoms with E-state index in [-0.39, 0.29) is 11.1 Å². The average Bonchev–Trinajstić information content (AvgIpc) is 2.72. The van der Waals surface area contributed by atoms with Gasteiger partial charge in [0.1, 0.15) is 0 Å². The van der Waals surface area contributed by atoms with E-state index in [1.807, 2.05) is 0 Å². The molecule has 1 aliphatic rings. The molecule has 0 aliphatic carbocycles. The van der Waals surface area contributed by atoms with Crippen LogP contribution in [0.5, 0.6) is 0 Å². The van der Waals surface area contributed by atoms with Gasteiger partial charge in [-0.2, -0.15) is 0 Å². The highest BCUT2D eigenvalue weighted by atomic mass is 16.5. The maximum Gasteiger partial charge on any atom is 0.0779 e. The first-order valence-electron chi connectivity index (χ1n) is 6.98. The van der Waals surface area contributed by atoms with Gasteiger partial charge in [0.2, 0.25) is 0 Å². The van der Waals surface area contributed by atoms with Gasteiger partial charge in [0.05, 0.1) is 5.60 Å². The van der Waals surface area contributed by atoms with E-state index in [0.717, 1.165) is 31.9 Å². The summed E-state index contributed by atoms with van der Waals surface area (Å²) >= 11 is 0. The second-order valence-electron chi connectivity index (χ2n) is 6.45. The van der Waals surface area contributed by atoms with Crippen molar-refractivity contribution >= 4 is 0 Å². The first-order chi connectivity index (χ1) is 7.89. The quantitative estimate of drug-likeness (QED) is 0.720. The van der Waals surface area contributed by atoms with Crippen LogP contribution in [0.15, 0.2) is 0 Å². The van der Waals surface area contributed by atoms with Crippen LogP contribution in [0.1, 0.15) is 53.4 Å². The number of ether oxygens (including phenoxy) is 1. The van der Waals surface area contributed by atoms with E-state index in [9.17, 15) is 0 Å². The third kappa shape index (κ3) is 4.94. The van der Waals surface area contributed by atoms with Crippen LogP contribution < -0.4 is 11.1 Å². The van der Waals surface area contributed by atoms with Crippen LogP contribution in [0.4, 0.5) is 0 Å². The lowest BCUT2D eigenvalue weighted by atomic mass is 9.90. The molecule has 3 N–H and O–H groups in total. The molecule has 2 atom stereocenters. The van der Waals surface area contributed by atoms with Crippen LogP contribution >= 0.6 is 0 Å². The van der Waals surface area contributed by atoms with E-state index < -0.39 is 0 Å². The Morgan fingerprint density at radius 1 is 1.47 bits per heavy atom. The van der Waals surface area contributed by atoms with Crippen molar-refractivity contribution in [3.63, 3.8) is 0 Å². The minimum Gasteiger partial charge on any atom is -0.374 e. The third-order valence-electron chi connectivity index (χ3n) is 3.91. The SMILES string of the molecule is CC(C)CCC(C)(CN)NCC1(C)CCCO1. The molecular formula is C14H30N2O. The Balaban J connectivity index is 2.39. The molecule has 2 unspecified atom stereocenters. The number of nitrogens with two attached hydrogens (primary N) is 1. The maximum absolute atomic E-state index is 5.92. The first-order valence-corrected chi connectivity index (χ1v) is 6.98. The van der Waals surface area contributed by atoms with Crippen LogP contribution in [-0.4, -0.2) is 30.8 Å². The molecule has 0 radical (unpaired) electrons. The number of hydrogen-bond donors (Lipinski definition) is 2. The number of rotatable bonds is 7. The molecule has 0 saturated carbocycles. The Morgan fingerprint density at radius 2 is 2.18 bits per heavy atom. The summed E-state index contributed by atoms with van der Waals surface area (Å²) in [6.45, 7) is 11.5. The lowest BCUT2D eigenvalue weighted by Gasteiger charge is -2.34. The summed E-state index contributed by atoms with van der Waals surface area (Å²) in [7, 11) is 0. The second-order valence-corrected chi connectivity index (χ2v) is 6.45. The molecule has 3 heteroatoms. The van der Waals surface area contributed by atoms with E-state index in [1.165, 1.54) is 12.8 Å². The smallest absolute Gasteiger partial charge is 0.0779 e. The zero-order chi connectivity index (χ0) is 12.9. The van der Waals surface area contributed by atoms with Crippen molar-refractivity contribution in [1.29, 1.82) is 0 Å². The highest BCUT2D eigenvalue weighted by Gasteiger charge is 2.32. The maximum atomic E-state index is 5.92. The Labute approximate surface area is 106 Å². The van der Waals surface area contributed by atoms with E-state index >= 15 is 0 Å². The molecule has 1 saturated heterocycles. The zero-order valence-corrected chi connectivity index (χ0v) is 12.0. The predicted octanol–water partition coefficient (Wildman–Crippen LogP) is 2.30. The van der Waals surface area contributed by atoms with Gasteiger partial charge in [0.15, 0.2) is 0 Å². The van der Waals surface area contributed by atoms with Crippen LogP contribution in [0.25, 0.3) is 0 Å². The molecule has 0 bridgehead atoms. The molecular weight excluding hydrogens is 212 g/mol. The fraction of sp³-hybridized carbons (Fsp3) is 1.00. The summed E-state index contributed by atoms with van der Waals surface area (Å²) in [5.74, 6) is 0.737. The molecule has 1 aliphatic heterocycles. The van der Waals surface area contributed by atoms with Crippen molar-refractivity contribution in [2.45, 2.75) is 64.5 Å². The van der Waals surface area contributed by atoms with Gasteiger partial charge in [-0.05, 0) is 45.4 Å². The molecule has 0 spiro atoms. The Kier molecular flexibility index (Phi) is 5.42. The van der Waals surface area contributed by atoms with Crippen molar-refractivity contribution < 1.29 is 4.74 Å². The summed E-state index contributed by atoms with van der Waals surface area (Å²) in [6, 6.07) is 0. The zero-order valence-electron chi connectivity index (χ0n) is 12.0. The molecule has 0 amide bonds. The molecule has 3 nitrogen and oxygen atoms in total. The molecule has 102 valence electrons. The van der Waals surface area contributed by atoms with E-state index in [4.69, 9.17) is 10.5 Å². The molecule has 0 aromatic carbocycles. The fourth-order valence-electron chi connectivity index (χ4n) is 2.25. The summed E-state index contributed by atoms with van der Waals surface area (Å²) in [5, 5.41) is 3.63. The standard InChI is InChI=1S/C14H30N2O/c1-12(2)6-8-13(3,10-15)16-11-14(4)7-5-9-17-14/h12,16H,5-11,15H2,1-4H3. The summed E-state index contributed by atoms with van der Waals surface area (Å²) in [6.07, 6.45) is 4.70. The van der Waals surface area contributed by atoms with Gasteiger partial charge in [-0.15, -0.1) is 0 Å². The minimum absolute atomic E-state index is 0.0221. The predicted molar refractivity (Wildman–Crippen MR) is 73.1 cm³/mol. The Morgan fingerprint density at radius 3 is 2.65 bits per heavy atom. The number of nitrogens with one attached hydrogen (secondary N) is 1.